The number of pyridine rings is 1. The average molecular weight is 340 g/mol. The van der Waals surface area contributed by atoms with Crippen LogP contribution in [0.25, 0.3) is 21.9 Å². The molecule has 0 fully saturated rings. The van der Waals surface area contributed by atoms with Gasteiger partial charge in [-0.25, -0.2) is 9.67 Å². The van der Waals surface area contributed by atoms with E-state index in [4.69, 9.17) is 9.72 Å². The van der Waals surface area contributed by atoms with Gasteiger partial charge in [0, 0.05) is 18.4 Å². The average Bonchev–Trinajstić information content (AvgIpc) is 2.88. The zero-order chi connectivity index (χ0) is 18.0. The number of carbonyl (C=O) groups is 1. The smallest absolute Gasteiger partial charge is 0.225 e. The lowest BCUT2D eigenvalue weighted by Crippen LogP contribution is -2.14. The van der Waals surface area contributed by atoms with Gasteiger partial charge in [0.25, 0.3) is 0 Å². The van der Waals surface area contributed by atoms with Gasteiger partial charge in [-0.1, -0.05) is 20.8 Å². The summed E-state index contributed by atoms with van der Waals surface area (Å²) in [7, 11) is 1.64. The molecule has 1 amide bonds. The monoisotopic (exact) mass is 340 g/mol. The maximum Gasteiger partial charge on any atom is 0.225 e. The van der Waals surface area contributed by atoms with E-state index in [0.29, 0.717) is 18.2 Å². The first-order chi connectivity index (χ1) is 12.0. The lowest BCUT2D eigenvalue weighted by atomic mass is 10.1. The summed E-state index contributed by atoms with van der Waals surface area (Å²) in [6, 6.07) is 7.80. The second-order valence-electron chi connectivity index (χ2n) is 6.64. The Hall–Kier alpha value is -2.63. The van der Waals surface area contributed by atoms with Crippen LogP contribution in [0.3, 0.4) is 0 Å². The molecular formula is C19H24N4O2. The summed E-state index contributed by atoms with van der Waals surface area (Å²) in [4.78, 5) is 17.0. The Morgan fingerprint density at radius 3 is 2.80 bits per heavy atom. The minimum atomic E-state index is -0.0243. The van der Waals surface area contributed by atoms with Crippen molar-refractivity contribution in [1.29, 1.82) is 0 Å². The van der Waals surface area contributed by atoms with Crippen LogP contribution in [0, 0.1) is 5.92 Å². The summed E-state index contributed by atoms with van der Waals surface area (Å²) in [6.45, 7) is 6.89. The van der Waals surface area contributed by atoms with Crippen molar-refractivity contribution in [2.45, 2.75) is 40.2 Å². The van der Waals surface area contributed by atoms with Gasteiger partial charge in [-0.2, -0.15) is 5.10 Å². The lowest BCUT2D eigenvalue weighted by molar-refractivity contribution is -0.116. The Labute approximate surface area is 147 Å². The van der Waals surface area contributed by atoms with Crippen LogP contribution in [0.1, 0.15) is 33.6 Å². The highest BCUT2D eigenvalue weighted by Gasteiger charge is 2.16. The van der Waals surface area contributed by atoms with Gasteiger partial charge in [0.05, 0.1) is 18.0 Å². The van der Waals surface area contributed by atoms with Crippen LogP contribution in [-0.2, 0) is 11.3 Å². The van der Waals surface area contributed by atoms with Crippen molar-refractivity contribution in [2.75, 3.05) is 12.4 Å². The number of ether oxygens (including phenoxy) is 1. The van der Waals surface area contributed by atoms with Crippen LogP contribution in [0.5, 0.6) is 5.75 Å². The number of aryl methyl sites for hydroxylation is 1. The largest absolute Gasteiger partial charge is 0.497 e. The molecule has 0 aliphatic heterocycles. The van der Waals surface area contributed by atoms with E-state index in [0.717, 1.165) is 40.7 Å². The molecule has 0 bridgehead atoms. The number of carbonyl (C=O) groups excluding carboxylic acids is 1. The molecule has 6 heteroatoms. The predicted octanol–water partition coefficient (Wildman–Crippen LogP) is 3.99. The molecule has 1 aromatic carbocycles. The number of methoxy groups -OCH3 is 1. The van der Waals surface area contributed by atoms with Gasteiger partial charge in [-0.3, -0.25) is 4.79 Å². The van der Waals surface area contributed by atoms with Crippen molar-refractivity contribution in [3.05, 3.63) is 24.3 Å². The Morgan fingerprint density at radius 2 is 2.12 bits per heavy atom. The van der Waals surface area contributed by atoms with Crippen LogP contribution in [0.4, 0.5) is 5.82 Å². The van der Waals surface area contributed by atoms with Gasteiger partial charge < -0.3 is 10.1 Å². The molecule has 0 radical (unpaired) electrons. The molecule has 0 aliphatic carbocycles. The zero-order valence-corrected chi connectivity index (χ0v) is 15.2. The van der Waals surface area contributed by atoms with E-state index >= 15 is 0 Å². The third-order valence-corrected chi connectivity index (χ3v) is 4.01. The Bertz CT molecular complexity index is 915. The highest BCUT2D eigenvalue weighted by atomic mass is 16.5. The van der Waals surface area contributed by atoms with Crippen molar-refractivity contribution in [1.82, 2.24) is 14.8 Å². The van der Waals surface area contributed by atoms with Crippen LogP contribution in [0.2, 0.25) is 0 Å². The summed E-state index contributed by atoms with van der Waals surface area (Å²) < 4.78 is 7.16. The van der Waals surface area contributed by atoms with Crippen LogP contribution in [0.15, 0.2) is 24.3 Å². The Balaban J connectivity index is 2.11. The molecule has 0 saturated carbocycles. The molecule has 0 spiro atoms. The van der Waals surface area contributed by atoms with Crippen molar-refractivity contribution >= 4 is 33.7 Å². The van der Waals surface area contributed by atoms with Gasteiger partial charge in [-0.05, 0) is 36.6 Å². The van der Waals surface area contributed by atoms with Crippen LogP contribution in [-0.4, -0.2) is 27.8 Å². The number of nitrogens with zero attached hydrogens (tertiary/aromatic N) is 3. The highest BCUT2D eigenvalue weighted by molar-refractivity contribution is 6.02. The highest BCUT2D eigenvalue weighted by Crippen LogP contribution is 2.28. The minimum Gasteiger partial charge on any atom is -0.497 e. The van der Waals surface area contributed by atoms with E-state index in [-0.39, 0.29) is 5.91 Å². The number of aromatic nitrogens is 3. The van der Waals surface area contributed by atoms with Crippen molar-refractivity contribution in [3.63, 3.8) is 0 Å². The molecule has 3 aromatic rings. The van der Waals surface area contributed by atoms with E-state index in [1.54, 1.807) is 7.11 Å². The molecule has 0 atom stereocenters. The Kier molecular flexibility index (Phi) is 4.88. The van der Waals surface area contributed by atoms with Gasteiger partial charge in [0.2, 0.25) is 5.91 Å². The maximum atomic E-state index is 12.2. The van der Waals surface area contributed by atoms with E-state index in [1.165, 1.54) is 0 Å². The number of benzene rings is 1. The molecule has 3 rings (SSSR count). The fourth-order valence-corrected chi connectivity index (χ4v) is 2.88. The third-order valence-electron chi connectivity index (χ3n) is 4.01. The van der Waals surface area contributed by atoms with E-state index < -0.39 is 0 Å². The standard InChI is InChI=1S/C19H24N4O2/c1-5-8-23-19-15(18(22-23)21-17(24)9-12(2)3)11-13-10-14(25-4)6-7-16(13)20-19/h6-7,10-12H,5,8-9H2,1-4H3,(H,21,22,24). The number of amides is 1. The quantitative estimate of drug-likeness (QED) is 0.737. The number of anilines is 1. The summed E-state index contributed by atoms with van der Waals surface area (Å²) >= 11 is 0. The first-order valence-corrected chi connectivity index (χ1v) is 8.67. The first-order valence-electron chi connectivity index (χ1n) is 8.67. The molecule has 6 nitrogen and oxygen atoms in total. The van der Waals surface area contributed by atoms with Crippen molar-refractivity contribution in [2.24, 2.45) is 5.92 Å². The number of rotatable bonds is 6. The molecule has 2 aromatic heterocycles. The van der Waals surface area contributed by atoms with Gasteiger partial charge in [-0.15, -0.1) is 0 Å². The number of fused-ring (bicyclic) bond motifs is 2. The van der Waals surface area contributed by atoms with Crippen LogP contribution >= 0.6 is 0 Å². The normalized spacial score (nSPS) is 11.4. The summed E-state index contributed by atoms with van der Waals surface area (Å²) in [5.41, 5.74) is 1.67. The topological polar surface area (TPSA) is 69.0 Å². The molecule has 0 aliphatic rings. The minimum absolute atomic E-state index is 0.0243. The molecule has 25 heavy (non-hydrogen) atoms. The summed E-state index contributed by atoms with van der Waals surface area (Å²) in [6.07, 6.45) is 1.41. The molecule has 132 valence electrons. The lowest BCUT2D eigenvalue weighted by Gasteiger charge is -2.05. The van der Waals surface area contributed by atoms with Crippen molar-refractivity contribution in [3.8, 4) is 5.75 Å². The van der Waals surface area contributed by atoms with Gasteiger partial charge in [0.1, 0.15) is 5.75 Å². The predicted molar refractivity (Wildman–Crippen MR) is 100.0 cm³/mol. The first kappa shape index (κ1) is 17.2. The maximum absolute atomic E-state index is 12.2. The zero-order valence-electron chi connectivity index (χ0n) is 15.2. The number of hydrogen-bond acceptors (Lipinski definition) is 4. The molecule has 0 saturated heterocycles. The Morgan fingerprint density at radius 1 is 1.32 bits per heavy atom. The number of nitrogens with one attached hydrogen (secondary N) is 1. The van der Waals surface area contributed by atoms with Gasteiger partial charge in [0.15, 0.2) is 11.5 Å². The molecule has 0 unspecified atom stereocenters. The summed E-state index contributed by atoms with van der Waals surface area (Å²) in [5.74, 6) is 1.63. The van der Waals surface area contributed by atoms with Crippen molar-refractivity contribution < 1.29 is 9.53 Å². The van der Waals surface area contributed by atoms with E-state index in [9.17, 15) is 4.79 Å². The molecule has 1 N–H and O–H groups in total. The fraction of sp³-hybridized carbons (Fsp3) is 0.421. The fourth-order valence-electron chi connectivity index (χ4n) is 2.88. The second-order valence-corrected chi connectivity index (χ2v) is 6.64. The number of hydrogen-bond donors (Lipinski definition) is 1. The van der Waals surface area contributed by atoms with E-state index in [1.807, 2.05) is 42.8 Å². The third kappa shape index (κ3) is 3.57. The van der Waals surface area contributed by atoms with E-state index in [2.05, 4.69) is 17.3 Å². The van der Waals surface area contributed by atoms with Crippen LogP contribution < -0.4 is 10.1 Å². The SMILES string of the molecule is CCCn1nc(NC(=O)CC(C)C)c2cc3cc(OC)ccc3nc21. The summed E-state index contributed by atoms with van der Waals surface area (Å²) in [5, 5.41) is 9.34. The van der Waals surface area contributed by atoms with Gasteiger partial charge >= 0.3 is 0 Å². The molecule has 2 heterocycles. The molecular weight excluding hydrogens is 316 g/mol. The second kappa shape index (κ2) is 7.09.